The summed E-state index contributed by atoms with van der Waals surface area (Å²) in [6.45, 7) is 5.07. The molecule has 1 aromatic carbocycles. The van der Waals surface area contributed by atoms with Crippen LogP contribution >= 0.6 is 11.6 Å². The van der Waals surface area contributed by atoms with Gasteiger partial charge in [-0.05, 0) is 87.3 Å². The number of allylic oxidation sites excluding steroid dienone is 2. The molecule has 0 spiro atoms. The van der Waals surface area contributed by atoms with E-state index in [1.807, 2.05) is 12.1 Å². The third kappa shape index (κ3) is 17.2. The number of hydrogen-bond acceptors (Lipinski definition) is 7. The SMILES string of the molecule is CCCCCCCCCCCCCCCOc1cccc(C(=O)OCCOC(=O)CCC/C=C\C[C@@H]2[C@@H](/C=C/C[C@H](O)C3(CC)CCC3)[C@H](O)C[C@H]2Cl)c1. The number of carbonyl (C=O) groups is 2. The largest absolute Gasteiger partial charge is 0.494 e. The van der Waals surface area contributed by atoms with Gasteiger partial charge in [-0.25, -0.2) is 4.79 Å². The van der Waals surface area contributed by atoms with E-state index in [2.05, 4.69) is 32.1 Å². The van der Waals surface area contributed by atoms with Gasteiger partial charge in [0.1, 0.15) is 19.0 Å². The van der Waals surface area contributed by atoms with Crippen LogP contribution < -0.4 is 4.74 Å². The maximum absolute atomic E-state index is 12.5. The lowest BCUT2D eigenvalue weighted by atomic mass is 9.63. The molecule has 306 valence electrons. The van der Waals surface area contributed by atoms with Crippen molar-refractivity contribution in [1.29, 1.82) is 0 Å². The summed E-state index contributed by atoms with van der Waals surface area (Å²) in [4.78, 5) is 24.8. The van der Waals surface area contributed by atoms with Crippen LogP contribution in [0.4, 0.5) is 0 Å². The van der Waals surface area contributed by atoms with Gasteiger partial charge in [0, 0.05) is 17.7 Å². The van der Waals surface area contributed by atoms with Crippen LogP contribution in [0.3, 0.4) is 0 Å². The molecule has 2 fully saturated rings. The maximum Gasteiger partial charge on any atom is 0.338 e. The van der Waals surface area contributed by atoms with E-state index in [9.17, 15) is 19.8 Å². The smallest absolute Gasteiger partial charge is 0.338 e. The number of halogens is 1. The molecule has 0 aliphatic heterocycles. The fourth-order valence-electron chi connectivity index (χ4n) is 8.04. The van der Waals surface area contributed by atoms with Crippen molar-refractivity contribution < 1.29 is 34.0 Å². The lowest BCUT2D eigenvalue weighted by Gasteiger charge is -2.45. The van der Waals surface area contributed by atoms with Crippen LogP contribution in [0, 0.1) is 17.3 Å². The number of alkyl halides is 1. The quantitative estimate of drug-likeness (QED) is 0.0347. The van der Waals surface area contributed by atoms with E-state index < -0.39 is 12.1 Å². The maximum atomic E-state index is 12.5. The minimum atomic E-state index is -0.472. The van der Waals surface area contributed by atoms with E-state index in [1.165, 1.54) is 77.0 Å². The molecule has 0 aromatic heterocycles. The Labute approximate surface area is 332 Å². The first kappa shape index (κ1) is 46.0. The first-order valence-corrected chi connectivity index (χ1v) is 22.1. The Kier molecular flexibility index (Phi) is 23.3. The molecular weight excluding hydrogens is 700 g/mol. The molecule has 0 saturated heterocycles. The number of aliphatic hydroxyl groups is 2. The summed E-state index contributed by atoms with van der Waals surface area (Å²) in [7, 11) is 0. The highest BCUT2D eigenvalue weighted by Crippen LogP contribution is 2.48. The van der Waals surface area contributed by atoms with Crippen molar-refractivity contribution >= 4 is 23.5 Å². The highest BCUT2D eigenvalue weighted by Gasteiger charge is 2.42. The number of unbranched alkanes of at least 4 members (excludes halogenated alkanes) is 13. The zero-order valence-corrected chi connectivity index (χ0v) is 34.5. The third-order valence-corrected chi connectivity index (χ3v) is 12.3. The number of carbonyl (C=O) groups excluding carboxylic acids is 2. The summed E-state index contributed by atoms with van der Waals surface area (Å²) in [6.07, 6.45) is 32.5. The van der Waals surface area contributed by atoms with Gasteiger partial charge in [0.15, 0.2) is 0 Å². The summed E-state index contributed by atoms with van der Waals surface area (Å²) < 4.78 is 16.5. The second-order valence-electron chi connectivity index (χ2n) is 15.9. The summed E-state index contributed by atoms with van der Waals surface area (Å²) in [5.41, 5.74) is 0.488. The van der Waals surface area contributed by atoms with E-state index in [4.69, 9.17) is 25.8 Å². The molecule has 0 radical (unpaired) electrons. The molecule has 2 aliphatic rings. The number of hydrogen-bond donors (Lipinski definition) is 2. The molecule has 54 heavy (non-hydrogen) atoms. The van der Waals surface area contributed by atoms with E-state index in [0.29, 0.717) is 37.2 Å². The number of ether oxygens (including phenoxy) is 3. The van der Waals surface area contributed by atoms with E-state index in [0.717, 1.165) is 44.9 Å². The van der Waals surface area contributed by atoms with Crippen LogP contribution in [-0.2, 0) is 14.3 Å². The predicted octanol–water partition coefficient (Wildman–Crippen LogP) is 11.5. The van der Waals surface area contributed by atoms with Crippen LogP contribution in [-0.4, -0.2) is 59.6 Å². The Morgan fingerprint density at radius 2 is 1.54 bits per heavy atom. The average molecular weight is 774 g/mol. The van der Waals surface area contributed by atoms with Crippen LogP contribution in [0.1, 0.15) is 172 Å². The van der Waals surface area contributed by atoms with Gasteiger partial charge in [-0.2, -0.15) is 0 Å². The molecule has 0 amide bonds. The molecule has 3 rings (SSSR count). The van der Waals surface area contributed by atoms with Gasteiger partial charge in [-0.1, -0.05) is 128 Å². The fourth-order valence-corrected chi connectivity index (χ4v) is 8.49. The summed E-state index contributed by atoms with van der Waals surface area (Å²) in [6, 6.07) is 7.04. The van der Waals surface area contributed by atoms with Gasteiger partial charge >= 0.3 is 11.9 Å². The van der Waals surface area contributed by atoms with Crippen molar-refractivity contribution in [3.8, 4) is 5.75 Å². The van der Waals surface area contributed by atoms with Crippen molar-refractivity contribution in [2.45, 2.75) is 179 Å². The van der Waals surface area contributed by atoms with Crippen LogP contribution in [0.15, 0.2) is 48.6 Å². The zero-order chi connectivity index (χ0) is 38.9. The van der Waals surface area contributed by atoms with Crippen molar-refractivity contribution in [3.63, 3.8) is 0 Å². The second kappa shape index (κ2) is 27.3. The van der Waals surface area contributed by atoms with Gasteiger partial charge in [-0.15, -0.1) is 11.6 Å². The van der Waals surface area contributed by atoms with Crippen molar-refractivity contribution in [3.05, 3.63) is 54.1 Å². The summed E-state index contributed by atoms with van der Waals surface area (Å²) in [5.74, 6) is -0.0218. The van der Waals surface area contributed by atoms with Gasteiger partial charge in [0.2, 0.25) is 0 Å². The van der Waals surface area contributed by atoms with Gasteiger partial charge in [-0.3, -0.25) is 4.79 Å². The number of aliphatic hydroxyl groups excluding tert-OH is 2. The first-order valence-electron chi connectivity index (χ1n) is 21.7. The molecule has 7 nitrogen and oxygen atoms in total. The predicted molar refractivity (Wildman–Crippen MR) is 220 cm³/mol. The molecule has 0 unspecified atom stereocenters. The third-order valence-electron chi connectivity index (χ3n) is 11.8. The highest BCUT2D eigenvalue weighted by molar-refractivity contribution is 6.21. The number of rotatable bonds is 30. The van der Waals surface area contributed by atoms with Gasteiger partial charge < -0.3 is 24.4 Å². The fraction of sp³-hybridized carbons (Fsp3) is 0.739. The Hall–Kier alpha value is -2.35. The molecule has 1 aromatic rings. The molecule has 2 aliphatic carbocycles. The summed E-state index contributed by atoms with van der Waals surface area (Å²) in [5, 5.41) is 21.3. The number of esters is 2. The van der Waals surface area contributed by atoms with E-state index in [-0.39, 0.29) is 54.3 Å². The van der Waals surface area contributed by atoms with Crippen molar-refractivity contribution in [2.24, 2.45) is 17.3 Å². The molecule has 2 N–H and O–H groups in total. The normalized spacial score (nSPS) is 21.4. The minimum Gasteiger partial charge on any atom is -0.494 e. The lowest BCUT2D eigenvalue weighted by Crippen LogP contribution is -2.40. The van der Waals surface area contributed by atoms with Crippen molar-refractivity contribution in [1.82, 2.24) is 0 Å². The van der Waals surface area contributed by atoms with E-state index >= 15 is 0 Å². The van der Waals surface area contributed by atoms with Crippen LogP contribution in [0.2, 0.25) is 0 Å². The number of benzene rings is 1. The highest BCUT2D eigenvalue weighted by atomic mass is 35.5. The zero-order valence-electron chi connectivity index (χ0n) is 33.7. The summed E-state index contributed by atoms with van der Waals surface area (Å²) >= 11 is 6.62. The van der Waals surface area contributed by atoms with Crippen LogP contribution in [0.25, 0.3) is 0 Å². The molecule has 2 saturated carbocycles. The van der Waals surface area contributed by atoms with Gasteiger partial charge in [0.05, 0.1) is 24.4 Å². The van der Waals surface area contributed by atoms with Crippen LogP contribution in [0.5, 0.6) is 5.75 Å². The topological polar surface area (TPSA) is 102 Å². The lowest BCUT2D eigenvalue weighted by molar-refractivity contribution is -0.144. The molecule has 0 heterocycles. The molecule has 0 bridgehead atoms. The first-order chi connectivity index (χ1) is 26.3. The van der Waals surface area contributed by atoms with E-state index in [1.54, 1.807) is 18.2 Å². The minimum absolute atomic E-state index is 0.00456. The Morgan fingerprint density at radius 3 is 2.19 bits per heavy atom. The standard InChI is InChI=1S/C46H73ClO7/c1-3-5-6-7-8-9-10-11-12-13-14-17-20-32-52-38-25-21-24-37(35-38)45(51)54-34-33-53-44(50)29-19-16-15-18-26-39-40(42(48)36-41(39)47)27-22-28-43(49)46(4-2)30-23-31-46/h15,18,21-22,24-25,27,35,39-43,48-49H,3-14,16-17,19-20,23,26,28-34,36H2,1-2H3/b18-15-,27-22+/t39-,40-,41-,42-,43+/m1/s1. The Balaban J connectivity index is 1.19. The van der Waals surface area contributed by atoms with Crippen molar-refractivity contribution in [2.75, 3.05) is 19.8 Å². The van der Waals surface area contributed by atoms with Gasteiger partial charge in [0.25, 0.3) is 0 Å². The average Bonchev–Trinajstić information content (AvgIpc) is 3.42. The molecule has 5 atom stereocenters. The Morgan fingerprint density at radius 1 is 0.870 bits per heavy atom. The molecular formula is C46H73ClO7. The molecule has 8 heteroatoms. The Bertz CT molecular complexity index is 1220. The second-order valence-corrected chi connectivity index (χ2v) is 16.4. The monoisotopic (exact) mass is 773 g/mol.